The van der Waals surface area contributed by atoms with Crippen LogP contribution in [-0.2, 0) is 14.3 Å². The van der Waals surface area contributed by atoms with E-state index in [1.807, 2.05) is 0 Å². The zero-order valence-electron chi connectivity index (χ0n) is 11.3. The lowest BCUT2D eigenvalue weighted by Crippen LogP contribution is -2.38. The second-order valence-corrected chi connectivity index (χ2v) is 4.86. The van der Waals surface area contributed by atoms with Crippen LogP contribution < -0.4 is 0 Å². The molecule has 1 fully saturated rings. The van der Waals surface area contributed by atoms with Gasteiger partial charge in [-0.3, -0.25) is 4.79 Å². The Labute approximate surface area is 118 Å². The number of hydrogen-bond donors (Lipinski definition) is 1. The number of esters is 1. The molecule has 1 aromatic rings. The standard InChI is InChI=1S/C15H19NO4/c17-13(16-9-5-2-6-10-16)11-20-15(19)14(18)12-7-3-1-4-8-12/h1,3-4,7-8,14,18H,2,5-6,9-11H2/t14-/m1/s1. The van der Waals surface area contributed by atoms with Gasteiger partial charge in [0.2, 0.25) is 0 Å². The highest BCUT2D eigenvalue weighted by molar-refractivity contribution is 5.82. The van der Waals surface area contributed by atoms with E-state index in [-0.39, 0.29) is 12.5 Å². The molecule has 0 aliphatic carbocycles. The van der Waals surface area contributed by atoms with Crippen molar-refractivity contribution < 1.29 is 19.4 Å². The zero-order chi connectivity index (χ0) is 14.4. The maximum atomic E-state index is 11.8. The Bertz CT molecular complexity index is 454. The van der Waals surface area contributed by atoms with E-state index in [4.69, 9.17) is 4.74 Å². The summed E-state index contributed by atoms with van der Waals surface area (Å²) in [6.07, 6.45) is 1.78. The number of aliphatic hydroxyl groups is 1. The van der Waals surface area contributed by atoms with E-state index in [9.17, 15) is 14.7 Å². The number of hydrogen-bond acceptors (Lipinski definition) is 4. The molecule has 1 aliphatic heterocycles. The number of nitrogens with zero attached hydrogens (tertiary/aromatic N) is 1. The third-order valence-corrected chi connectivity index (χ3v) is 3.39. The Kier molecular flexibility index (Phi) is 5.12. The highest BCUT2D eigenvalue weighted by atomic mass is 16.5. The van der Waals surface area contributed by atoms with Crippen molar-refractivity contribution in [3.05, 3.63) is 35.9 Å². The summed E-state index contributed by atoms with van der Waals surface area (Å²) in [4.78, 5) is 25.2. The van der Waals surface area contributed by atoms with Crippen molar-refractivity contribution in [1.29, 1.82) is 0 Å². The second-order valence-electron chi connectivity index (χ2n) is 4.86. The zero-order valence-corrected chi connectivity index (χ0v) is 11.3. The molecule has 1 heterocycles. The fraction of sp³-hybridized carbons (Fsp3) is 0.467. The first kappa shape index (κ1) is 14.5. The highest BCUT2D eigenvalue weighted by Gasteiger charge is 2.22. The Morgan fingerprint density at radius 1 is 1.15 bits per heavy atom. The molecule has 1 saturated heterocycles. The van der Waals surface area contributed by atoms with E-state index in [1.54, 1.807) is 35.2 Å². The molecule has 0 bridgehead atoms. The van der Waals surface area contributed by atoms with Gasteiger partial charge in [-0.05, 0) is 24.8 Å². The lowest BCUT2D eigenvalue weighted by Gasteiger charge is -2.26. The van der Waals surface area contributed by atoms with Crippen molar-refractivity contribution in [3.63, 3.8) is 0 Å². The number of benzene rings is 1. The molecule has 5 heteroatoms. The van der Waals surface area contributed by atoms with E-state index < -0.39 is 12.1 Å². The molecule has 108 valence electrons. The lowest BCUT2D eigenvalue weighted by atomic mass is 10.1. The largest absolute Gasteiger partial charge is 0.453 e. The van der Waals surface area contributed by atoms with Gasteiger partial charge in [0.15, 0.2) is 12.7 Å². The van der Waals surface area contributed by atoms with Crippen molar-refractivity contribution in [3.8, 4) is 0 Å². The minimum absolute atomic E-state index is 0.196. The molecule has 1 aromatic carbocycles. The van der Waals surface area contributed by atoms with E-state index in [1.165, 1.54) is 0 Å². The molecule has 0 unspecified atom stereocenters. The van der Waals surface area contributed by atoms with Crippen LogP contribution >= 0.6 is 0 Å². The molecule has 2 rings (SSSR count). The number of carbonyl (C=O) groups is 2. The molecule has 0 radical (unpaired) electrons. The number of aliphatic hydroxyl groups excluding tert-OH is 1. The Morgan fingerprint density at radius 2 is 1.80 bits per heavy atom. The van der Waals surface area contributed by atoms with Crippen molar-refractivity contribution in [2.75, 3.05) is 19.7 Å². The van der Waals surface area contributed by atoms with Gasteiger partial charge >= 0.3 is 5.97 Å². The Hall–Kier alpha value is -1.88. The molecular weight excluding hydrogens is 258 g/mol. The van der Waals surface area contributed by atoms with Crippen LogP contribution in [-0.4, -0.2) is 41.6 Å². The first-order chi connectivity index (χ1) is 9.68. The van der Waals surface area contributed by atoms with Gasteiger partial charge in [0.25, 0.3) is 5.91 Å². The minimum atomic E-state index is -1.34. The van der Waals surface area contributed by atoms with Gasteiger partial charge in [-0.15, -0.1) is 0 Å². The normalized spacial score (nSPS) is 16.6. The second kappa shape index (κ2) is 7.05. The minimum Gasteiger partial charge on any atom is -0.453 e. The Balaban J connectivity index is 1.81. The molecule has 20 heavy (non-hydrogen) atoms. The molecular formula is C15H19NO4. The lowest BCUT2D eigenvalue weighted by molar-refractivity contribution is -0.159. The van der Waals surface area contributed by atoms with Crippen LogP contribution in [0.5, 0.6) is 0 Å². The first-order valence-electron chi connectivity index (χ1n) is 6.86. The third-order valence-electron chi connectivity index (χ3n) is 3.39. The van der Waals surface area contributed by atoms with Gasteiger partial charge in [0.1, 0.15) is 0 Å². The SMILES string of the molecule is O=C(OCC(=O)N1CCCCC1)[C@H](O)c1ccccc1. The fourth-order valence-electron chi connectivity index (χ4n) is 2.22. The number of ether oxygens (including phenoxy) is 1. The maximum absolute atomic E-state index is 11.8. The number of amides is 1. The summed E-state index contributed by atoms with van der Waals surface area (Å²) < 4.78 is 4.89. The van der Waals surface area contributed by atoms with Crippen LogP contribution in [0.15, 0.2) is 30.3 Å². The van der Waals surface area contributed by atoms with Crippen LogP contribution in [0.4, 0.5) is 0 Å². The van der Waals surface area contributed by atoms with E-state index >= 15 is 0 Å². The molecule has 5 nitrogen and oxygen atoms in total. The molecule has 0 saturated carbocycles. The van der Waals surface area contributed by atoms with E-state index in [2.05, 4.69) is 0 Å². The maximum Gasteiger partial charge on any atom is 0.340 e. The number of rotatable bonds is 4. The summed E-state index contributed by atoms with van der Waals surface area (Å²) in [6, 6.07) is 8.52. The molecule has 1 atom stereocenters. The van der Waals surface area contributed by atoms with E-state index in [0.29, 0.717) is 5.56 Å². The first-order valence-corrected chi connectivity index (χ1v) is 6.86. The predicted octanol–water partition coefficient (Wildman–Crippen LogP) is 1.28. The Morgan fingerprint density at radius 3 is 2.45 bits per heavy atom. The van der Waals surface area contributed by atoms with Gasteiger partial charge in [-0.1, -0.05) is 30.3 Å². The summed E-state index contributed by atoms with van der Waals surface area (Å²) >= 11 is 0. The van der Waals surface area contributed by atoms with Crippen LogP contribution in [0.3, 0.4) is 0 Å². The monoisotopic (exact) mass is 277 g/mol. The topological polar surface area (TPSA) is 66.8 Å². The number of likely N-dealkylation sites (tertiary alicyclic amines) is 1. The summed E-state index contributed by atoms with van der Waals surface area (Å²) in [5, 5.41) is 9.81. The summed E-state index contributed by atoms with van der Waals surface area (Å²) in [6.45, 7) is 1.14. The summed E-state index contributed by atoms with van der Waals surface area (Å²) in [7, 11) is 0. The van der Waals surface area contributed by atoms with Crippen LogP contribution in [0, 0.1) is 0 Å². The van der Waals surface area contributed by atoms with E-state index in [0.717, 1.165) is 32.4 Å². The van der Waals surface area contributed by atoms with Crippen LogP contribution in [0.25, 0.3) is 0 Å². The van der Waals surface area contributed by atoms with Crippen molar-refractivity contribution >= 4 is 11.9 Å². The van der Waals surface area contributed by atoms with Gasteiger partial charge in [-0.2, -0.15) is 0 Å². The molecule has 1 amide bonds. The van der Waals surface area contributed by atoms with Gasteiger partial charge in [0.05, 0.1) is 0 Å². The molecule has 1 N–H and O–H groups in total. The van der Waals surface area contributed by atoms with Gasteiger partial charge in [-0.25, -0.2) is 4.79 Å². The average Bonchev–Trinajstić information content (AvgIpc) is 2.53. The molecule has 1 aliphatic rings. The summed E-state index contributed by atoms with van der Waals surface area (Å²) in [5.74, 6) is -0.986. The molecule has 0 aromatic heterocycles. The van der Waals surface area contributed by atoms with Crippen molar-refractivity contribution in [2.45, 2.75) is 25.4 Å². The summed E-state index contributed by atoms with van der Waals surface area (Å²) in [5.41, 5.74) is 0.461. The average molecular weight is 277 g/mol. The smallest absolute Gasteiger partial charge is 0.340 e. The van der Waals surface area contributed by atoms with Crippen molar-refractivity contribution in [2.24, 2.45) is 0 Å². The number of piperidine rings is 1. The molecule has 0 spiro atoms. The van der Waals surface area contributed by atoms with Gasteiger partial charge < -0.3 is 14.7 Å². The van der Waals surface area contributed by atoms with Crippen LogP contribution in [0.2, 0.25) is 0 Å². The predicted molar refractivity (Wildman–Crippen MR) is 72.8 cm³/mol. The highest BCUT2D eigenvalue weighted by Crippen LogP contribution is 2.14. The number of carbonyl (C=O) groups excluding carboxylic acids is 2. The van der Waals surface area contributed by atoms with Crippen molar-refractivity contribution in [1.82, 2.24) is 4.90 Å². The fourth-order valence-corrected chi connectivity index (χ4v) is 2.22. The van der Waals surface area contributed by atoms with Gasteiger partial charge in [0, 0.05) is 13.1 Å². The van der Waals surface area contributed by atoms with Crippen LogP contribution in [0.1, 0.15) is 30.9 Å². The third kappa shape index (κ3) is 3.81. The quantitative estimate of drug-likeness (QED) is 0.842.